The van der Waals surface area contributed by atoms with Crippen LogP contribution in [0, 0.1) is 17.5 Å². The van der Waals surface area contributed by atoms with Crippen LogP contribution < -0.4 is 19.5 Å². The summed E-state index contributed by atoms with van der Waals surface area (Å²) < 4.78 is 59.8. The second-order valence-corrected chi connectivity index (χ2v) is 5.25. The molecule has 28 heavy (non-hydrogen) atoms. The molecule has 0 aliphatic heterocycles. The van der Waals surface area contributed by atoms with Gasteiger partial charge in [0.2, 0.25) is 0 Å². The summed E-state index contributed by atoms with van der Waals surface area (Å²) in [5.41, 5.74) is -0.643. The van der Waals surface area contributed by atoms with Crippen molar-refractivity contribution < 1.29 is 41.7 Å². The molecule has 0 radical (unpaired) electrons. The molecule has 0 bridgehead atoms. The third-order valence-electron chi connectivity index (χ3n) is 3.57. The zero-order valence-corrected chi connectivity index (χ0v) is 15.1. The Morgan fingerprint density at radius 2 is 1.50 bits per heavy atom. The van der Waals surface area contributed by atoms with Gasteiger partial charge in [0.25, 0.3) is 5.91 Å². The fourth-order valence-electron chi connectivity index (χ4n) is 2.21. The van der Waals surface area contributed by atoms with Crippen molar-refractivity contribution in [2.75, 3.05) is 33.3 Å². The van der Waals surface area contributed by atoms with Gasteiger partial charge in [-0.1, -0.05) is 0 Å². The van der Waals surface area contributed by atoms with E-state index < -0.39 is 41.6 Å². The number of anilines is 1. The highest BCUT2D eigenvalue weighted by Gasteiger charge is 2.21. The summed E-state index contributed by atoms with van der Waals surface area (Å²) >= 11 is 0. The third kappa shape index (κ3) is 4.45. The molecule has 1 N–H and O–H groups in total. The average molecular weight is 399 g/mol. The Labute approximate surface area is 158 Å². The SMILES string of the molecule is COc1cc(OC)c(C(=O)OCC(=O)Nc2ccc(F)c(F)c2F)cc1OC. The third-order valence-corrected chi connectivity index (χ3v) is 3.57. The molecule has 0 saturated carbocycles. The second-order valence-electron chi connectivity index (χ2n) is 5.25. The van der Waals surface area contributed by atoms with E-state index in [2.05, 4.69) is 0 Å². The van der Waals surface area contributed by atoms with Crippen LogP contribution in [0.25, 0.3) is 0 Å². The highest BCUT2D eigenvalue weighted by molar-refractivity contribution is 5.97. The molecule has 7 nitrogen and oxygen atoms in total. The van der Waals surface area contributed by atoms with Crippen LogP contribution in [0.5, 0.6) is 17.2 Å². The van der Waals surface area contributed by atoms with Crippen molar-refractivity contribution in [3.8, 4) is 17.2 Å². The van der Waals surface area contributed by atoms with Crippen molar-refractivity contribution in [3.05, 3.63) is 47.3 Å². The quantitative estimate of drug-likeness (QED) is 0.570. The Hall–Kier alpha value is -3.43. The zero-order chi connectivity index (χ0) is 20.8. The lowest BCUT2D eigenvalue weighted by atomic mass is 10.1. The van der Waals surface area contributed by atoms with Crippen LogP contribution in [0.15, 0.2) is 24.3 Å². The van der Waals surface area contributed by atoms with E-state index in [1.807, 2.05) is 5.32 Å². The van der Waals surface area contributed by atoms with Gasteiger partial charge < -0.3 is 24.3 Å². The predicted octanol–water partition coefficient (Wildman–Crippen LogP) is 2.93. The largest absolute Gasteiger partial charge is 0.496 e. The lowest BCUT2D eigenvalue weighted by Crippen LogP contribution is -2.22. The smallest absolute Gasteiger partial charge is 0.342 e. The van der Waals surface area contributed by atoms with Crippen LogP contribution in [-0.4, -0.2) is 39.8 Å². The zero-order valence-electron chi connectivity index (χ0n) is 15.1. The number of esters is 1. The Kier molecular flexibility index (Phi) is 6.69. The minimum absolute atomic E-state index is 0.0491. The Bertz CT molecular complexity index is 903. The summed E-state index contributed by atoms with van der Waals surface area (Å²) in [5, 5.41) is 1.98. The lowest BCUT2D eigenvalue weighted by molar-refractivity contribution is -0.119. The number of nitrogens with one attached hydrogen (secondary N) is 1. The molecule has 2 aromatic carbocycles. The van der Waals surface area contributed by atoms with Crippen LogP contribution >= 0.6 is 0 Å². The fourth-order valence-corrected chi connectivity index (χ4v) is 2.21. The number of methoxy groups -OCH3 is 3. The molecule has 0 spiro atoms. The fraction of sp³-hybridized carbons (Fsp3) is 0.222. The number of hydrogen-bond donors (Lipinski definition) is 1. The van der Waals surface area contributed by atoms with Crippen molar-refractivity contribution in [3.63, 3.8) is 0 Å². The van der Waals surface area contributed by atoms with Gasteiger partial charge in [-0.3, -0.25) is 4.79 Å². The van der Waals surface area contributed by atoms with Gasteiger partial charge in [-0.15, -0.1) is 0 Å². The van der Waals surface area contributed by atoms with Gasteiger partial charge in [0.05, 0.1) is 27.0 Å². The number of rotatable bonds is 7. The van der Waals surface area contributed by atoms with Crippen molar-refractivity contribution in [2.45, 2.75) is 0 Å². The van der Waals surface area contributed by atoms with Gasteiger partial charge in [0.1, 0.15) is 11.3 Å². The van der Waals surface area contributed by atoms with E-state index in [-0.39, 0.29) is 17.1 Å². The van der Waals surface area contributed by atoms with Crippen molar-refractivity contribution in [2.24, 2.45) is 0 Å². The first-order valence-electron chi connectivity index (χ1n) is 7.72. The van der Waals surface area contributed by atoms with E-state index in [1.165, 1.54) is 33.5 Å². The number of amides is 1. The summed E-state index contributed by atoms with van der Waals surface area (Å²) in [7, 11) is 4.08. The molecule has 10 heteroatoms. The van der Waals surface area contributed by atoms with E-state index >= 15 is 0 Å². The molecule has 0 unspecified atom stereocenters. The van der Waals surface area contributed by atoms with Crippen LogP contribution in [0.2, 0.25) is 0 Å². The molecule has 0 saturated heterocycles. The molecule has 0 aliphatic carbocycles. The highest BCUT2D eigenvalue weighted by atomic mass is 19.2. The van der Waals surface area contributed by atoms with Gasteiger partial charge in [0, 0.05) is 12.1 Å². The van der Waals surface area contributed by atoms with Gasteiger partial charge in [0.15, 0.2) is 35.6 Å². The average Bonchev–Trinajstić information content (AvgIpc) is 2.71. The maximum Gasteiger partial charge on any atom is 0.342 e. The van der Waals surface area contributed by atoms with Crippen LogP contribution in [0.3, 0.4) is 0 Å². The number of carbonyl (C=O) groups is 2. The summed E-state index contributed by atoms with van der Waals surface area (Å²) in [6, 6.07) is 4.18. The van der Waals surface area contributed by atoms with Crippen molar-refractivity contribution in [1.82, 2.24) is 0 Å². The molecule has 0 aliphatic rings. The van der Waals surface area contributed by atoms with E-state index in [1.54, 1.807) is 0 Å². The van der Waals surface area contributed by atoms with E-state index in [9.17, 15) is 22.8 Å². The summed E-state index contributed by atoms with van der Waals surface area (Å²) in [6.45, 7) is -0.811. The predicted molar refractivity (Wildman–Crippen MR) is 91.3 cm³/mol. The molecular weight excluding hydrogens is 383 g/mol. The molecule has 2 aromatic rings. The van der Waals surface area contributed by atoms with Gasteiger partial charge in [-0.2, -0.15) is 0 Å². The number of carbonyl (C=O) groups excluding carboxylic acids is 2. The molecule has 1 amide bonds. The number of benzene rings is 2. The molecule has 0 atom stereocenters. The Morgan fingerprint density at radius 1 is 0.893 bits per heavy atom. The molecule has 0 aromatic heterocycles. The molecular formula is C18H16F3NO6. The van der Waals surface area contributed by atoms with E-state index in [4.69, 9.17) is 18.9 Å². The van der Waals surface area contributed by atoms with Crippen molar-refractivity contribution in [1.29, 1.82) is 0 Å². The van der Waals surface area contributed by atoms with Crippen LogP contribution in [0.1, 0.15) is 10.4 Å². The number of ether oxygens (including phenoxy) is 4. The van der Waals surface area contributed by atoms with Crippen LogP contribution in [0.4, 0.5) is 18.9 Å². The lowest BCUT2D eigenvalue weighted by Gasteiger charge is -2.13. The first-order valence-corrected chi connectivity index (χ1v) is 7.72. The summed E-state index contributed by atoms with van der Waals surface area (Å²) in [5.74, 6) is -5.95. The highest BCUT2D eigenvalue weighted by Crippen LogP contribution is 2.34. The van der Waals surface area contributed by atoms with Gasteiger partial charge in [-0.05, 0) is 12.1 Å². The first kappa shape index (κ1) is 20.9. The van der Waals surface area contributed by atoms with Gasteiger partial charge >= 0.3 is 5.97 Å². The maximum atomic E-state index is 13.6. The van der Waals surface area contributed by atoms with E-state index in [0.29, 0.717) is 11.8 Å². The molecule has 150 valence electrons. The van der Waals surface area contributed by atoms with E-state index in [0.717, 1.165) is 6.07 Å². The molecule has 0 heterocycles. The summed E-state index contributed by atoms with van der Waals surface area (Å²) in [6.07, 6.45) is 0. The number of hydrogen-bond acceptors (Lipinski definition) is 6. The first-order chi connectivity index (χ1) is 13.3. The normalized spacial score (nSPS) is 10.2. The molecule has 0 fully saturated rings. The standard InChI is InChI=1S/C18H16F3NO6/c1-25-12-7-14(27-3)13(26-2)6-9(12)18(24)28-8-15(23)22-11-5-4-10(19)16(20)17(11)21/h4-7H,8H2,1-3H3,(H,22,23). The molecule has 2 rings (SSSR count). The second kappa shape index (κ2) is 8.98. The minimum Gasteiger partial charge on any atom is -0.496 e. The minimum atomic E-state index is -1.73. The van der Waals surface area contributed by atoms with Crippen LogP contribution in [-0.2, 0) is 9.53 Å². The topological polar surface area (TPSA) is 83.1 Å². The Morgan fingerprint density at radius 3 is 2.11 bits per heavy atom. The maximum absolute atomic E-state index is 13.6. The number of halogens is 3. The summed E-state index contributed by atoms with van der Waals surface area (Å²) in [4.78, 5) is 24.1. The van der Waals surface area contributed by atoms with Gasteiger partial charge in [-0.25, -0.2) is 18.0 Å². The Balaban J connectivity index is 2.09. The van der Waals surface area contributed by atoms with Crippen molar-refractivity contribution >= 4 is 17.6 Å². The monoisotopic (exact) mass is 399 g/mol.